The molecule has 2 heterocycles. The summed E-state index contributed by atoms with van der Waals surface area (Å²) in [5.74, 6) is 1.03. The zero-order valence-corrected chi connectivity index (χ0v) is 19.8. The standard InChI is InChI=1S/C26H31ClN2O4/c1-2-33-25-19(13-21(16-3-4-16)23(24(25)27)17-5-6-17)15-28-10-8-20(9-11-28)29-12-7-18(26(31)32)14-22(29)30/h7,12-14,16-17,20H,2-6,8-11,15H2,1H3,(H,31,32). The predicted molar refractivity (Wildman–Crippen MR) is 128 cm³/mol. The summed E-state index contributed by atoms with van der Waals surface area (Å²) in [6, 6.07) is 5.17. The van der Waals surface area contributed by atoms with Gasteiger partial charge in [0.2, 0.25) is 0 Å². The number of carbonyl (C=O) groups is 1. The molecule has 176 valence electrons. The summed E-state index contributed by atoms with van der Waals surface area (Å²) < 4.78 is 7.75. The van der Waals surface area contributed by atoms with E-state index >= 15 is 0 Å². The lowest BCUT2D eigenvalue weighted by Crippen LogP contribution is -2.37. The summed E-state index contributed by atoms with van der Waals surface area (Å²) in [7, 11) is 0. The number of ether oxygens (including phenoxy) is 1. The normalized spacial score (nSPS) is 19.6. The predicted octanol–water partition coefficient (Wildman–Crippen LogP) is 5.19. The van der Waals surface area contributed by atoms with Crippen LogP contribution in [0.4, 0.5) is 0 Å². The molecule has 3 aliphatic rings. The summed E-state index contributed by atoms with van der Waals surface area (Å²) in [6.07, 6.45) is 8.28. The second-order valence-corrected chi connectivity index (χ2v) is 10.0. The molecule has 0 amide bonds. The fraction of sp³-hybridized carbons (Fsp3) is 0.538. The van der Waals surface area contributed by atoms with E-state index < -0.39 is 5.97 Å². The Morgan fingerprint density at radius 1 is 1.12 bits per heavy atom. The molecule has 1 aliphatic heterocycles. The number of pyridine rings is 1. The maximum atomic E-state index is 12.4. The zero-order valence-electron chi connectivity index (χ0n) is 19.1. The first-order valence-corrected chi connectivity index (χ1v) is 12.5. The lowest BCUT2D eigenvalue weighted by molar-refractivity contribution is 0.0696. The van der Waals surface area contributed by atoms with Gasteiger partial charge in [-0.3, -0.25) is 9.69 Å². The molecule has 5 rings (SSSR count). The van der Waals surface area contributed by atoms with Crippen molar-refractivity contribution in [3.8, 4) is 5.75 Å². The molecule has 0 spiro atoms. The van der Waals surface area contributed by atoms with Gasteiger partial charge in [-0.25, -0.2) is 4.79 Å². The number of rotatable bonds is 8. The Labute approximate surface area is 199 Å². The summed E-state index contributed by atoms with van der Waals surface area (Å²) in [5, 5.41) is 9.93. The third-order valence-electron chi connectivity index (χ3n) is 7.20. The number of aromatic carboxylic acids is 1. The fourth-order valence-corrected chi connectivity index (χ4v) is 5.62. The monoisotopic (exact) mass is 470 g/mol. The highest BCUT2D eigenvalue weighted by Gasteiger charge is 2.36. The average molecular weight is 471 g/mol. The van der Waals surface area contributed by atoms with Gasteiger partial charge < -0.3 is 14.4 Å². The highest BCUT2D eigenvalue weighted by Crippen LogP contribution is 2.54. The molecule has 6 nitrogen and oxygen atoms in total. The minimum atomic E-state index is -1.07. The van der Waals surface area contributed by atoms with E-state index in [0.717, 1.165) is 43.2 Å². The Morgan fingerprint density at radius 3 is 2.39 bits per heavy atom. The first-order valence-electron chi connectivity index (χ1n) is 12.1. The van der Waals surface area contributed by atoms with Crippen LogP contribution in [0.15, 0.2) is 29.2 Å². The second kappa shape index (κ2) is 9.15. The van der Waals surface area contributed by atoms with Gasteiger partial charge in [-0.05, 0) is 74.5 Å². The van der Waals surface area contributed by atoms with Crippen LogP contribution in [-0.4, -0.2) is 40.2 Å². The summed E-state index contributed by atoms with van der Waals surface area (Å²) in [6.45, 7) is 5.12. The number of likely N-dealkylation sites (tertiary alicyclic amines) is 1. The highest BCUT2D eigenvalue weighted by atomic mass is 35.5. The van der Waals surface area contributed by atoms with Gasteiger partial charge in [0.15, 0.2) is 0 Å². The van der Waals surface area contributed by atoms with Crippen LogP contribution in [0.5, 0.6) is 5.75 Å². The molecule has 33 heavy (non-hydrogen) atoms. The number of halogens is 1. The van der Waals surface area contributed by atoms with E-state index in [1.165, 1.54) is 54.5 Å². The molecule has 1 N–H and O–H groups in total. The summed E-state index contributed by atoms with van der Waals surface area (Å²) in [4.78, 5) is 25.9. The molecule has 3 fully saturated rings. The van der Waals surface area contributed by atoms with Crippen molar-refractivity contribution in [1.82, 2.24) is 9.47 Å². The van der Waals surface area contributed by atoms with Gasteiger partial charge in [-0.15, -0.1) is 0 Å². The molecule has 7 heteroatoms. The molecule has 1 aromatic heterocycles. The highest BCUT2D eigenvalue weighted by molar-refractivity contribution is 6.33. The maximum absolute atomic E-state index is 12.4. The molecule has 1 saturated heterocycles. The lowest BCUT2D eigenvalue weighted by Gasteiger charge is -2.33. The van der Waals surface area contributed by atoms with E-state index in [-0.39, 0.29) is 17.2 Å². The van der Waals surface area contributed by atoms with Crippen LogP contribution in [0.25, 0.3) is 0 Å². The van der Waals surface area contributed by atoms with Crippen LogP contribution in [0, 0.1) is 0 Å². The van der Waals surface area contributed by atoms with Crippen molar-refractivity contribution < 1.29 is 14.6 Å². The van der Waals surface area contributed by atoms with Gasteiger partial charge in [0.25, 0.3) is 5.56 Å². The number of benzene rings is 1. The number of carboxylic acid groups (broad SMARTS) is 1. The lowest BCUT2D eigenvalue weighted by atomic mass is 9.95. The minimum absolute atomic E-state index is 0.0372. The van der Waals surface area contributed by atoms with E-state index in [1.54, 1.807) is 10.8 Å². The molecule has 2 saturated carbocycles. The van der Waals surface area contributed by atoms with Crippen molar-refractivity contribution in [2.24, 2.45) is 0 Å². The van der Waals surface area contributed by atoms with Crippen LogP contribution >= 0.6 is 11.6 Å². The molecule has 0 bridgehead atoms. The number of carboxylic acids is 1. The third-order valence-corrected chi connectivity index (χ3v) is 7.57. The smallest absolute Gasteiger partial charge is 0.335 e. The number of nitrogens with zero attached hydrogens (tertiary/aromatic N) is 2. The molecule has 1 aromatic carbocycles. The average Bonchev–Trinajstić information content (AvgIpc) is 3.69. The first-order chi connectivity index (χ1) is 16.0. The Bertz CT molecular complexity index is 1110. The second-order valence-electron chi connectivity index (χ2n) is 9.64. The maximum Gasteiger partial charge on any atom is 0.335 e. The van der Waals surface area contributed by atoms with Crippen molar-refractivity contribution in [2.45, 2.75) is 69.9 Å². The molecular formula is C26H31ClN2O4. The van der Waals surface area contributed by atoms with Gasteiger partial charge in [-0.2, -0.15) is 0 Å². The summed E-state index contributed by atoms with van der Waals surface area (Å²) >= 11 is 6.95. The first kappa shape index (κ1) is 22.5. The zero-order chi connectivity index (χ0) is 23.1. The van der Waals surface area contributed by atoms with E-state index in [0.29, 0.717) is 18.4 Å². The summed E-state index contributed by atoms with van der Waals surface area (Å²) in [5.41, 5.74) is 3.75. The number of piperidine rings is 1. The minimum Gasteiger partial charge on any atom is -0.492 e. The van der Waals surface area contributed by atoms with Crippen molar-refractivity contribution in [3.05, 3.63) is 62.0 Å². The van der Waals surface area contributed by atoms with Gasteiger partial charge in [0, 0.05) is 43.5 Å². The molecule has 0 unspecified atom stereocenters. The molecular weight excluding hydrogens is 440 g/mol. The Kier molecular flexibility index (Phi) is 6.23. The van der Waals surface area contributed by atoms with Gasteiger partial charge in [-0.1, -0.05) is 17.7 Å². The van der Waals surface area contributed by atoms with Crippen LogP contribution < -0.4 is 10.3 Å². The third kappa shape index (κ3) is 4.69. The quantitative estimate of drug-likeness (QED) is 0.574. The van der Waals surface area contributed by atoms with Crippen LogP contribution in [0.2, 0.25) is 5.02 Å². The number of hydrogen-bond acceptors (Lipinski definition) is 4. The van der Waals surface area contributed by atoms with E-state index in [9.17, 15) is 9.59 Å². The van der Waals surface area contributed by atoms with Crippen molar-refractivity contribution in [3.63, 3.8) is 0 Å². The molecule has 2 aliphatic carbocycles. The van der Waals surface area contributed by atoms with Crippen molar-refractivity contribution in [2.75, 3.05) is 19.7 Å². The Balaban J connectivity index is 1.32. The topological polar surface area (TPSA) is 71.8 Å². The number of hydrogen-bond donors (Lipinski definition) is 1. The van der Waals surface area contributed by atoms with Crippen molar-refractivity contribution >= 4 is 17.6 Å². The van der Waals surface area contributed by atoms with Crippen LogP contribution in [0.3, 0.4) is 0 Å². The Hall–Kier alpha value is -2.31. The fourth-order valence-electron chi connectivity index (χ4n) is 5.18. The van der Waals surface area contributed by atoms with Gasteiger partial charge >= 0.3 is 5.97 Å². The van der Waals surface area contributed by atoms with Gasteiger partial charge in [0.1, 0.15) is 5.75 Å². The van der Waals surface area contributed by atoms with Crippen molar-refractivity contribution in [1.29, 1.82) is 0 Å². The largest absolute Gasteiger partial charge is 0.492 e. The van der Waals surface area contributed by atoms with E-state index in [1.807, 2.05) is 6.92 Å². The Morgan fingerprint density at radius 2 is 1.82 bits per heavy atom. The molecule has 0 atom stereocenters. The number of aromatic nitrogens is 1. The van der Waals surface area contributed by atoms with E-state index in [4.69, 9.17) is 21.4 Å². The van der Waals surface area contributed by atoms with E-state index in [2.05, 4.69) is 11.0 Å². The van der Waals surface area contributed by atoms with Crippen LogP contribution in [0.1, 0.15) is 90.4 Å². The SMILES string of the molecule is CCOc1c(CN2CCC(n3ccc(C(=O)O)cc3=O)CC2)cc(C2CC2)c(C2CC2)c1Cl. The molecule has 0 radical (unpaired) electrons. The molecule has 2 aromatic rings. The van der Waals surface area contributed by atoms with Crippen LogP contribution in [-0.2, 0) is 6.54 Å². The van der Waals surface area contributed by atoms with Gasteiger partial charge in [0.05, 0.1) is 17.2 Å².